The van der Waals surface area contributed by atoms with Gasteiger partial charge >= 0.3 is 6.09 Å². The SMILES string of the molecule is C.CC(=S)NC[C@H]1CN(c2ccc(C(N)=O)c(F)c2)C(=O)O1. The number of thiocarbonyl (C=S) groups is 1. The van der Waals surface area contributed by atoms with Crippen molar-refractivity contribution in [2.24, 2.45) is 5.73 Å². The molecule has 1 aliphatic rings. The molecule has 1 aromatic rings. The van der Waals surface area contributed by atoms with Crippen LogP contribution < -0.4 is 16.0 Å². The zero-order valence-electron chi connectivity index (χ0n) is 11.3. The van der Waals surface area contributed by atoms with Crippen LogP contribution in [0.5, 0.6) is 0 Å². The summed E-state index contributed by atoms with van der Waals surface area (Å²) in [5, 5.41) is 2.91. The van der Waals surface area contributed by atoms with Gasteiger partial charge in [-0.25, -0.2) is 9.18 Å². The third-order valence-corrected chi connectivity index (χ3v) is 3.13. The standard InChI is InChI=1S/C13H14FN3O3S.CH4/c1-7(21)16-5-9-6-17(13(19)20-9)8-2-3-10(12(15)18)11(14)4-8;/h2-4,9H,5-6H2,1H3,(H2,15,18)(H,16,21);1H4/t9-;/m0./s1. The Morgan fingerprint density at radius 3 is 2.82 bits per heavy atom. The largest absolute Gasteiger partial charge is 0.442 e. The highest BCUT2D eigenvalue weighted by Crippen LogP contribution is 2.23. The first-order valence-corrected chi connectivity index (χ1v) is 6.61. The van der Waals surface area contributed by atoms with E-state index in [1.54, 1.807) is 6.92 Å². The van der Waals surface area contributed by atoms with Crippen LogP contribution >= 0.6 is 12.2 Å². The van der Waals surface area contributed by atoms with Crippen LogP contribution in [-0.4, -0.2) is 36.2 Å². The molecule has 2 rings (SSSR count). The highest BCUT2D eigenvalue weighted by atomic mass is 32.1. The molecule has 6 nitrogen and oxygen atoms in total. The van der Waals surface area contributed by atoms with Crippen molar-refractivity contribution in [2.45, 2.75) is 20.5 Å². The van der Waals surface area contributed by atoms with Crippen molar-refractivity contribution >= 4 is 34.9 Å². The number of ether oxygens (including phenoxy) is 1. The molecule has 1 atom stereocenters. The quantitative estimate of drug-likeness (QED) is 0.824. The van der Waals surface area contributed by atoms with Crippen LogP contribution in [0.25, 0.3) is 0 Å². The summed E-state index contributed by atoms with van der Waals surface area (Å²) in [6.07, 6.45) is -0.954. The van der Waals surface area contributed by atoms with Gasteiger partial charge in [-0.1, -0.05) is 19.6 Å². The second kappa shape index (κ2) is 7.17. The first-order chi connectivity index (χ1) is 9.88. The number of hydrogen-bond donors (Lipinski definition) is 2. The second-order valence-electron chi connectivity index (χ2n) is 4.58. The number of carbonyl (C=O) groups is 2. The minimum absolute atomic E-state index is 0. The predicted octanol–water partition coefficient (Wildman–Crippen LogP) is 1.82. The summed E-state index contributed by atoms with van der Waals surface area (Å²) >= 11 is 4.88. The molecule has 0 bridgehead atoms. The minimum Gasteiger partial charge on any atom is -0.442 e. The van der Waals surface area contributed by atoms with Crippen LogP contribution in [0.4, 0.5) is 14.9 Å². The molecule has 1 fully saturated rings. The van der Waals surface area contributed by atoms with Crippen LogP contribution in [0, 0.1) is 5.82 Å². The summed E-state index contributed by atoms with van der Waals surface area (Å²) in [6, 6.07) is 3.78. The van der Waals surface area contributed by atoms with Gasteiger partial charge in [0.2, 0.25) is 0 Å². The van der Waals surface area contributed by atoms with E-state index in [1.807, 2.05) is 0 Å². The number of rotatable bonds is 4. The molecule has 2 amide bonds. The van der Waals surface area contributed by atoms with E-state index in [4.69, 9.17) is 22.7 Å². The van der Waals surface area contributed by atoms with Gasteiger partial charge in [-0.15, -0.1) is 0 Å². The summed E-state index contributed by atoms with van der Waals surface area (Å²) in [5.74, 6) is -1.63. The molecule has 0 radical (unpaired) electrons. The van der Waals surface area contributed by atoms with Crippen LogP contribution in [0.15, 0.2) is 18.2 Å². The van der Waals surface area contributed by atoms with E-state index in [2.05, 4.69) is 5.32 Å². The average molecular weight is 327 g/mol. The molecule has 3 N–H and O–H groups in total. The Kier molecular flexibility index (Phi) is 5.81. The van der Waals surface area contributed by atoms with Gasteiger partial charge in [0, 0.05) is 0 Å². The van der Waals surface area contributed by atoms with Crippen LogP contribution in [0.2, 0.25) is 0 Å². The second-order valence-corrected chi connectivity index (χ2v) is 5.19. The molecular weight excluding hydrogens is 309 g/mol. The van der Waals surface area contributed by atoms with Crippen molar-refractivity contribution < 1.29 is 18.7 Å². The normalized spacial score (nSPS) is 16.7. The predicted molar refractivity (Wildman–Crippen MR) is 85.5 cm³/mol. The fraction of sp³-hybridized carbons (Fsp3) is 0.357. The highest BCUT2D eigenvalue weighted by molar-refractivity contribution is 7.80. The molecule has 0 aliphatic carbocycles. The number of benzene rings is 1. The maximum absolute atomic E-state index is 13.7. The number of anilines is 1. The summed E-state index contributed by atoms with van der Waals surface area (Å²) in [6.45, 7) is 2.38. The van der Waals surface area contributed by atoms with Crippen molar-refractivity contribution in [2.75, 3.05) is 18.0 Å². The molecule has 1 saturated heterocycles. The van der Waals surface area contributed by atoms with E-state index >= 15 is 0 Å². The smallest absolute Gasteiger partial charge is 0.414 e. The molecule has 120 valence electrons. The minimum atomic E-state index is -0.860. The van der Waals surface area contributed by atoms with Gasteiger partial charge in [-0.3, -0.25) is 9.69 Å². The molecule has 1 aliphatic heterocycles. The number of hydrogen-bond acceptors (Lipinski definition) is 4. The number of nitrogens with one attached hydrogen (secondary N) is 1. The van der Waals surface area contributed by atoms with Crippen LogP contribution in [0.1, 0.15) is 24.7 Å². The number of halogens is 1. The van der Waals surface area contributed by atoms with Gasteiger partial charge in [0.25, 0.3) is 5.91 Å². The number of nitrogens with two attached hydrogens (primary N) is 1. The van der Waals surface area contributed by atoms with Gasteiger partial charge in [0.15, 0.2) is 0 Å². The van der Waals surface area contributed by atoms with E-state index in [0.29, 0.717) is 17.2 Å². The van der Waals surface area contributed by atoms with Gasteiger partial charge in [-0.2, -0.15) is 0 Å². The molecule has 0 unspecified atom stereocenters. The van der Waals surface area contributed by atoms with Crippen molar-refractivity contribution in [3.05, 3.63) is 29.6 Å². The van der Waals surface area contributed by atoms with E-state index in [1.165, 1.54) is 17.0 Å². The number of nitrogens with zero attached hydrogens (tertiary/aromatic N) is 1. The summed E-state index contributed by atoms with van der Waals surface area (Å²) in [5.41, 5.74) is 5.12. The zero-order chi connectivity index (χ0) is 15.6. The molecule has 1 heterocycles. The Balaban J connectivity index is 0.00000242. The number of primary amides is 1. The lowest BCUT2D eigenvalue weighted by atomic mass is 10.1. The fourth-order valence-corrected chi connectivity index (χ4v) is 2.05. The Hall–Kier alpha value is -2.22. The summed E-state index contributed by atoms with van der Waals surface area (Å²) in [7, 11) is 0. The van der Waals surface area contributed by atoms with Crippen LogP contribution in [0.3, 0.4) is 0 Å². The lowest BCUT2D eigenvalue weighted by Gasteiger charge is -2.14. The number of carbonyl (C=O) groups excluding carboxylic acids is 2. The maximum atomic E-state index is 13.7. The van der Waals surface area contributed by atoms with E-state index in [0.717, 1.165) is 6.07 Å². The van der Waals surface area contributed by atoms with E-state index in [9.17, 15) is 14.0 Å². The van der Waals surface area contributed by atoms with Crippen molar-refractivity contribution in [1.29, 1.82) is 0 Å². The molecule has 0 saturated carbocycles. The van der Waals surface area contributed by atoms with Gasteiger partial charge < -0.3 is 15.8 Å². The lowest BCUT2D eigenvalue weighted by Crippen LogP contribution is -2.32. The Morgan fingerprint density at radius 2 is 2.27 bits per heavy atom. The van der Waals surface area contributed by atoms with Crippen molar-refractivity contribution in [3.8, 4) is 0 Å². The lowest BCUT2D eigenvalue weighted by molar-refractivity contribution is 0.0996. The van der Waals surface area contributed by atoms with E-state index in [-0.39, 0.29) is 25.6 Å². The molecular formula is C14H18FN3O3S. The number of amides is 2. The maximum Gasteiger partial charge on any atom is 0.414 e. The molecule has 22 heavy (non-hydrogen) atoms. The zero-order valence-corrected chi connectivity index (χ0v) is 12.1. The van der Waals surface area contributed by atoms with Gasteiger partial charge in [0.05, 0.1) is 29.3 Å². The average Bonchev–Trinajstić information content (AvgIpc) is 2.77. The first-order valence-electron chi connectivity index (χ1n) is 6.20. The molecule has 8 heteroatoms. The summed E-state index contributed by atoms with van der Waals surface area (Å²) < 4.78 is 18.9. The van der Waals surface area contributed by atoms with Gasteiger partial charge in [-0.05, 0) is 25.1 Å². The van der Waals surface area contributed by atoms with Gasteiger partial charge in [0.1, 0.15) is 11.9 Å². The monoisotopic (exact) mass is 327 g/mol. The Bertz CT molecular complexity index is 609. The fourth-order valence-electron chi connectivity index (χ4n) is 1.97. The Labute approximate surface area is 133 Å². The van der Waals surface area contributed by atoms with Crippen molar-refractivity contribution in [3.63, 3.8) is 0 Å². The van der Waals surface area contributed by atoms with Crippen molar-refractivity contribution in [1.82, 2.24) is 5.32 Å². The topological polar surface area (TPSA) is 84.7 Å². The Morgan fingerprint density at radius 1 is 1.59 bits per heavy atom. The highest BCUT2D eigenvalue weighted by Gasteiger charge is 2.32. The third kappa shape index (κ3) is 3.91. The molecule has 1 aromatic carbocycles. The van der Waals surface area contributed by atoms with E-state index < -0.39 is 17.8 Å². The van der Waals surface area contributed by atoms with Crippen LogP contribution in [-0.2, 0) is 4.74 Å². The molecule has 0 spiro atoms. The molecule has 0 aromatic heterocycles. The number of cyclic esters (lactones) is 1. The third-order valence-electron chi connectivity index (χ3n) is 2.98. The first kappa shape index (κ1) is 17.8. The summed E-state index contributed by atoms with van der Waals surface area (Å²) in [4.78, 5) is 24.7.